The fourth-order valence-corrected chi connectivity index (χ4v) is 3.34. The first-order valence-corrected chi connectivity index (χ1v) is 10.4. The van der Waals surface area contributed by atoms with E-state index in [1.807, 2.05) is 13.8 Å². The molecule has 1 aromatic heterocycles. The van der Waals surface area contributed by atoms with Crippen LogP contribution in [0.4, 0.5) is 11.5 Å². The lowest BCUT2D eigenvalue weighted by Crippen LogP contribution is -2.23. The number of halogens is 1. The first kappa shape index (κ1) is 22.4. The molecule has 0 aliphatic heterocycles. The Balaban J connectivity index is 2.14. The zero-order chi connectivity index (χ0) is 22.7. The van der Waals surface area contributed by atoms with Gasteiger partial charge in [0.2, 0.25) is 12.2 Å². The summed E-state index contributed by atoms with van der Waals surface area (Å²) >= 11 is 3.33. The molecule has 3 N–H and O–H groups in total. The first-order valence-electron chi connectivity index (χ1n) is 9.61. The van der Waals surface area contributed by atoms with E-state index in [4.69, 9.17) is 4.52 Å². The van der Waals surface area contributed by atoms with Crippen LogP contribution in [0.2, 0.25) is 0 Å². The molecule has 0 spiro atoms. The SMILES string of the molecule is CCN(C=O)c1noc(-c2cc(C(C)C)c(O)cc2O)c1NC(=O)c1ccc(Br)cc1. The number of carbonyl (C=O) groups is 2. The van der Waals surface area contributed by atoms with Crippen LogP contribution >= 0.6 is 15.9 Å². The second-order valence-electron chi connectivity index (χ2n) is 7.15. The molecule has 0 bridgehead atoms. The normalized spacial score (nSPS) is 10.9. The number of anilines is 2. The second kappa shape index (κ2) is 9.22. The molecule has 0 fully saturated rings. The van der Waals surface area contributed by atoms with Crippen molar-refractivity contribution in [3.8, 4) is 22.8 Å². The molecule has 1 heterocycles. The van der Waals surface area contributed by atoms with E-state index in [2.05, 4.69) is 26.4 Å². The smallest absolute Gasteiger partial charge is 0.255 e. The molecule has 0 saturated carbocycles. The van der Waals surface area contributed by atoms with Crippen LogP contribution in [0.15, 0.2) is 45.4 Å². The molecular formula is C22H22BrN3O5. The van der Waals surface area contributed by atoms with Crippen LogP contribution in [0.3, 0.4) is 0 Å². The molecule has 0 unspecified atom stereocenters. The Morgan fingerprint density at radius 1 is 1.23 bits per heavy atom. The topological polar surface area (TPSA) is 116 Å². The lowest BCUT2D eigenvalue weighted by atomic mass is 9.97. The predicted molar refractivity (Wildman–Crippen MR) is 121 cm³/mol. The number of carbonyl (C=O) groups excluding carboxylic acids is 2. The lowest BCUT2D eigenvalue weighted by molar-refractivity contribution is -0.107. The second-order valence-corrected chi connectivity index (χ2v) is 8.06. The minimum absolute atomic E-state index is 0.0373. The fourth-order valence-electron chi connectivity index (χ4n) is 3.07. The monoisotopic (exact) mass is 487 g/mol. The molecule has 0 saturated heterocycles. The maximum absolute atomic E-state index is 12.9. The summed E-state index contributed by atoms with van der Waals surface area (Å²) in [5.74, 6) is -0.610. The van der Waals surface area contributed by atoms with Gasteiger partial charge in [0.15, 0.2) is 5.76 Å². The Hall–Kier alpha value is -3.33. The van der Waals surface area contributed by atoms with Gasteiger partial charge in [-0.15, -0.1) is 0 Å². The number of aromatic hydroxyl groups is 2. The Morgan fingerprint density at radius 2 is 1.90 bits per heavy atom. The van der Waals surface area contributed by atoms with E-state index in [1.54, 1.807) is 37.3 Å². The highest BCUT2D eigenvalue weighted by Gasteiger charge is 2.26. The van der Waals surface area contributed by atoms with Gasteiger partial charge in [0.1, 0.15) is 17.2 Å². The van der Waals surface area contributed by atoms with Gasteiger partial charge in [-0.2, -0.15) is 0 Å². The van der Waals surface area contributed by atoms with Crippen LogP contribution in [0, 0.1) is 0 Å². The van der Waals surface area contributed by atoms with Gasteiger partial charge in [0, 0.05) is 22.6 Å². The number of amides is 2. The third kappa shape index (κ3) is 4.56. The van der Waals surface area contributed by atoms with Crippen LogP contribution in [0.25, 0.3) is 11.3 Å². The zero-order valence-electron chi connectivity index (χ0n) is 17.2. The number of benzene rings is 2. The standard InChI is InChI=1S/C22H22BrN3O5/c1-4-26(11-27)21-19(24-22(30)13-5-7-14(23)8-6-13)20(31-25-21)16-9-15(12(2)3)17(28)10-18(16)29/h5-12,28-29H,4H2,1-3H3,(H,24,30). The lowest BCUT2D eigenvalue weighted by Gasteiger charge is -2.15. The number of phenols is 2. The van der Waals surface area contributed by atoms with Gasteiger partial charge in [-0.25, -0.2) is 0 Å². The van der Waals surface area contributed by atoms with Crippen molar-refractivity contribution in [2.75, 3.05) is 16.8 Å². The van der Waals surface area contributed by atoms with E-state index in [0.29, 0.717) is 17.5 Å². The molecule has 3 aromatic rings. The summed E-state index contributed by atoms with van der Waals surface area (Å²) in [6.45, 7) is 5.82. The number of hydrogen-bond acceptors (Lipinski definition) is 6. The summed E-state index contributed by atoms with van der Waals surface area (Å²) in [5.41, 5.74) is 1.33. The molecule has 2 aromatic carbocycles. The van der Waals surface area contributed by atoms with E-state index >= 15 is 0 Å². The van der Waals surface area contributed by atoms with Crippen LogP contribution in [-0.2, 0) is 4.79 Å². The maximum atomic E-state index is 12.9. The van der Waals surface area contributed by atoms with Crippen molar-refractivity contribution in [2.45, 2.75) is 26.7 Å². The average molecular weight is 488 g/mol. The van der Waals surface area contributed by atoms with Crippen LogP contribution in [0.5, 0.6) is 11.5 Å². The highest BCUT2D eigenvalue weighted by Crippen LogP contribution is 2.43. The Bertz CT molecular complexity index is 1110. The average Bonchev–Trinajstić information content (AvgIpc) is 3.12. The molecule has 0 radical (unpaired) electrons. The minimum Gasteiger partial charge on any atom is -0.508 e. The minimum atomic E-state index is -0.442. The molecule has 31 heavy (non-hydrogen) atoms. The Morgan fingerprint density at radius 3 is 2.48 bits per heavy atom. The molecule has 0 atom stereocenters. The number of hydrogen-bond donors (Lipinski definition) is 3. The van der Waals surface area contributed by atoms with Crippen LogP contribution in [0.1, 0.15) is 42.6 Å². The molecule has 2 amide bonds. The number of nitrogens with zero attached hydrogens (tertiary/aromatic N) is 2. The summed E-state index contributed by atoms with van der Waals surface area (Å²) in [6, 6.07) is 9.53. The van der Waals surface area contributed by atoms with Crippen LogP contribution in [-0.4, -0.2) is 34.2 Å². The quantitative estimate of drug-likeness (QED) is 0.409. The van der Waals surface area contributed by atoms with Crippen molar-refractivity contribution in [1.29, 1.82) is 0 Å². The molecular weight excluding hydrogens is 466 g/mol. The van der Waals surface area contributed by atoms with Crippen molar-refractivity contribution in [3.63, 3.8) is 0 Å². The van der Waals surface area contributed by atoms with Gasteiger partial charge in [-0.3, -0.25) is 14.5 Å². The summed E-state index contributed by atoms with van der Waals surface area (Å²) in [5, 5.41) is 27.3. The molecule has 3 rings (SSSR count). The summed E-state index contributed by atoms with van der Waals surface area (Å²) in [7, 11) is 0. The Labute approximate surface area is 187 Å². The molecule has 9 heteroatoms. The first-order chi connectivity index (χ1) is 14.8. The van der Waals surface area contributed by atoms with Crippen molar-refractivity contribution in [1.82, 2.24) is 5.16 Å². The van der Waals surface area contributed by atoms with Gasteiger partial charge in [-0.05, 0) is 48.7 Å². The third-order valence-electron chi connectivity index (χ3n) is 4.77. The number of phenolic OH excluding ortho intramolecular Hbond substituents is 2. The van der Waals surface area contributed by atoms with Crippen molar-refractivity contribution >= 4 is 39.8 Å². The van der Waals surface area contributed by atoms with Crippen molar-refractivity contribution in [3.05, 3.63) is 52.0 Å². The van der Waals surface area contributed by atoms with Gasteiger partial charge >= 0.3 is 0 Å². The fraction of sp³-hybridized carbons (Fsp3) is 0.227. The summed E-state index contributed by atoms with van der Waals surface area (Å²) < 4.78 is 6.29. The predicted octanol–water partition coefficient (Wildman–Crippen LogP) is 4.87. The van der Waals surface area contributed by atoms with E-state index in [-0.39, 0.29) is 46.8 Å². The summed E-state index contributed by atoms with van der Waals surface area (Å²) in [4.78, 5) is 25.7. The van der Waals surface area contributed by atoms with Gasteiger partial charge in [0.25, 0.3) is 5.91 Å². The Kier molecular flexibility index (Phi) is 6.65. The van der Waals surface area contributed by atoms with Crippen molar-refractivity contribution < 1.29 is 24.3 Å². The van der Waals surface area contributed by atoms with Gasteiger partial charge in [0.05, 0.1) is 5.56 Å². The molecule has 0 aliphatic carbocycles. The highest BCUT2D eigenvalue weighted by molar-refractivity contribution is 9.10. The third-order valence-corrected chi connectivity index (χ3v) is 5.30. The highest BCUT2D eigenvalue weighted by atomic mass is 79.9. The zero-order valence-corrected chi connectivity index (χ0v) is 18.8. The van der Waals surface area contributed by atoms with Crippen molar-refractivity contribution in [2.24, 2.45) is 0 Å². The van der Waals surface area contributed by atoms with Gasteiger partial charge in [-0.1, -0.05) is 34.9 Å². The molecule has 8 nitrogen and oxygen atoms in total. The molecule has 0 aliphatic rings. The van der Waals surface area contributed by atoms with E-state index < -0.39 is 5.91 Å². The van der Waals surface area contributed by atoms with Crippen LogP contribution < -0.4 is 10.2 Å². The molecule has 162 valence electrons. The number of nitrogens with one attached hydrogen (secondary N) is 1. The number of aromatic nitrogens is 1. The van der Waals surface area contributed by atoms with Gasteiger partial charge < -0.3 is 20.1 Å². The number of rotatable bonds is 7. The van der Waals surface area contributed by atoms with E-state index in [9.17, 15) is 19.8 Å². The largest absolute Gasteiger partial charge is 0.508 e. The summed E-state index contributed by atoms with van der Waals surface area (Å²) in [6.07, 6.45) is 0.577. The van der Waals surface area contributed by atoms with E-state index in [0.717, 1.165) is 4.47 Å². The maximum Gasteiger partial charge on any atom is 0.255 e. The van der Waals surface area contributed by atoms with E-state index in [1.165, 1.54) is 11.0 Å².